The topological polar surface area (TPSA) is 17.1 Å². The van der Waals surface area contributed by atoms with Gasteiger partial charge in [-0.05, 0) is 30.7 Å². The number of hydrogen-bond donors (Lipinski definition) is 0. The maximum Gasteiger partial charge on any atom is 0.136 e. The normalized spacial score (nSPS) is 17.9. The molecule has 0 aliphatic heterocycles. The van der Waals surface area contributed by atoms with E-state index in [9.17, 15) is 4.79 Å². The van der Waals surface area contributed by atoms with Crippen molar-refractivity contribution in [2.75, 3.05) is 0 Å². The van der Waals surface area contributed by atoms with Gasteiger partial charge in [-0.2, -0.15) is 0 Å². The fourth-order valence-electron chi connectivity index (χ4n) is 2.33. The molecule has 1 fully saturated rings. The Hall–Kier alpha value is -0.630. The van der Waals surface area contributed by atoms with E-state index in [1.807, 2.05) is 0 Å². The Balaban J connectivity index is 1.76. The number of carbonyl (C=O) groups is 1. The molecule has 1 aliphatic rings. The van der Waals surface area contributed by atoms with Crippen molar-refractivity contribution >= 4 is 17.1 Å². The van der Waals surface area contributed by atoms with E-state index in [1.54, 1.807) is 11.3 Å². The van der Waals surface area contributed by atoms with E-state index >= 15 is 0 Å². The van der Waals surface area contributed by atoms with E-state index in [-0.39, 0.29) is 0 Å². The molecule has 2 heteroatoms. The molecule has 1 aromatic rings. The second kappa shape index (κ2) is 5.45. The van der Waals surface area contributed by atoms with Gasteiger partial charge in [0.05, 0.1) is 0 Å². The van der Waals surface area contributed by atoms with E-state index in [1.165, 1.54) is 24.1 Å². The molecule has 0 radical (unpaired) electrons. The first-order valence-corrected chi connectivity index (χ1v) is 6.79. The standard InChI is InChI=1S/C13H18OS/c14-13(11-5-2-1-3-6-11)9-8-12-7-4-10-15-12/h4,7,10-11H,1-3,5-6,8-9H2. The van der Waals surface area contributed by atoms with E-state index in [0.717, 1.165) is 25.7 Å². The fraction of sp³-hybridized carbons (Fsp3) is 0.615. The molecular weight excluding hydrogens is 204 g/mol. The maximum absolute atomic E-state index is 11.9. The lowest BCUT2D eigenvalue weighted by Crippen LogP contribution is -2.17. The Kier molecular flexibility index (Phi) is 3.95. The zero-order valence-corrected chi connectivity index (χ0v) is 9.89. The molecular formula is C13H18OS. The zero-order chi connectivity index (χ0) is 10.5. The highest BCUT2D eigenvalue weighted by atomic mass is 32.1. The summed E-state index contributed by atoms with van der Waals surface area (Å²) in [5, 5.41) is 2.08. The second-order valence-electron chi connectivity index (χ2n) is 4.38. The van der Waals surface area contributed by atoms with Crippen LogP contribution in [0.5, 0.6) is 0 Å². The Labute approximate surface area is 95.5 Å². The Bertz CT molecular complexity index is 296. The molecule has 0 atom stereocenters. The van der Waals surface area contributed by atoms with Crippen LogP contribution in [-0.2, 0) is 11.2 Å². The van der Waals surface area contributed by atoms with Crippen molar-refractivity contribution in [1.82, 2.24) is 0 Å². The summed E-state index contributed by atoms with van der Waals surface area (Å²) >= 11 is 1.76. The third kappa shape index (κ3) is 3.16. The maximum atomic E-state index is 11.9. The fourth-order valence-corrected chi connectivity index (χ4v) is 3.04. The molecule has 0 amide bonds. The van der Waals surface area contributed by atoms with Gasteiger partial charge in [-0.1, -0.05) is 25.3 Å². The Morgan fingerprint density at radius 1 is 1.33 bits per heavy atom. The summed E-state index contributed by atoms with van der Waals surface area (Å²) in [6, 6.07) is 4.18. The minimum absolute atomic E-state index is 0.388. The molecule has 2 rings (SSSR count). The number of rotatable bonds is 4. The SMILES string of the molecule is O=C(CCc1cccs1)C1CCCCC1. The lowest BCUT2D eigenvalue weighted by molar-refractivity contribution is -0.123. The number of hydrogen-bond acceptors (Lipinski definition) is 2. The summed E-state index contributed by atoms with van der Waals surface area (Å²) in [5.41, 5.74) is 0. The van der Waals surface area contributed by atoms with E-state index in [0.29, 0.717) is 11.7 Å². The van der Waals surface area contributed by atoms with Gasteiger partial charge in [0.1, 0.15) is 5.78 Å². The highest BCUT2D eigenvalue weighted by molar-refractivity contribution is 7.09. The van der Waals surface area contributed by atoms with Crippen molar-refractivity contribution in [3.05, 3.63) is 22.4 Å². The monoisotopic (exact) mass is 222 g/mol. The molecule has 0 unspecified atom stereocenters. The average molecular weight is 222 g/mol. The van der Waals surface area contributed by atoms with Gasteiger partial charge in [-0.3, -0.25) is 4.79 Å². The molecule has 1 aromatic heterocycles. The predicted molar refractivity (Wildman–Crippen MR) is 64.2 cm³/mol. The molecule has 0 aromatic carbocycles. The minimum atomic E-state index is 0.388. The second-order valence-corrected chi connectivity index (χ2v) is 5.41. The van der Waals surface area contributed by atoms with Crippen molar-refractivity contribution < 1.29 is 4.79 Å². The molecule has 82 valence electrons. The van der Waals surface area contributed by atoms with E-state index in [2.05, 4.69) is 17.5 Å². The van der Waals surface area contributed by atoms with Crippen LogP contribution in [-0.4, -0.2) is 5.78 Å². The molecule has 1 aliphatic carbocycles. The molecule has 0 N–H and O–H groups in total. The predicted octanol–water partition coefficient (Wildman–Crippen LogP) is 3.83. The van der Waals surface area contributed by atoms with Gasteiger partial charge in [0, 0.05) is 17.2 Å². The smallest absolute Gasteiger partial charge is 0.136 e. The van der Waals surface area contributed by atoms with Crippen LogP contribution in [0.15, 0.2) is 17.5 Å². The molecule has 1 saturated carbocycles. The van der Waals surface area contributed by atoms with Crippen LogP contribution in [0, 0.1) is 5.92 Å². The van der Waals surface area contributed by atoms with Crippen LogP contribution in [0.25, 0.3) is 0 Å². The summed E-state index contributed by atoms with van der Waals surface area (Å²) in [6.45, 7) is 0. The lowest BCUT2D eigenvalue weighted by Gasteiger charge is -2.19. The summed E-state index contributed by atoms with van der Waals surface area (Å²) in [5.74, 6) is 0.891. The first kappa shape index (κ1) is 10.9. The summed E-state index contributed by atoms with van der Waals surface area (Å²) in [7, 11) is 0. The number of aryl methyl sites for hydroxylation is 1. The highest BCUT2D eigenvalue weighted by Crippen LogP contribution is 2.26. The quantitative estimate of drug-likeness (QED) is 0.756. The molecule has 1 nitrogen and oxygen atoms in total. The lowest BCUT2D eigenvalue weighted by atomic mass is 9.85. The number of thiophene rings is 1. The first-order chi connectivity index (χ1) is 7.36. The van der Waals surface area contributed by atoms with Crippen molar-refractivity contribution in [2.45, 2.75) is 44.9 Å². The number of Topliss-reactive ketones (excluding diaryl/α,β-unsaturated/α-hetero) is 1. The summed E-state index contributed by atoms with van der Waals surface area (Å²) in [4.78, 5) is 13.2. The molecule has 0 bridgehead atoms. The van der Waals surface area contributed by atoms with Gasteiger partial charge in [-0.15, -0.1) is 11.3 Å². The van der Waals surface area contributed by atoms with Crippen LogP contribution < -0.4 is 0 Å². The van der Waals surface area contributed by atoms with Crippen LogP contribution >= 0.6 is 11.3 Å². The Morgan fingerprint density at radius 2 is 2.13 bits per heavy atom. The average Bonchev–Trinajstić information content (AvgIpc) is 2.80. The third-order valence-electron chi connectivity index (χ3n) is 3.26. The number of ketones is 1. The van der Waals surface area contributed by atoms with Gasteiger partial charge >= 0.3 is 0 Å². The van der Waals surface area contributed by atoms with Gasteiger partial charge in [0.2, 0.25) is 0 Å². The van der Waals surface area contributed by atoms with Crippen LogP contribution in [0.2, 0.25) is 0 Å². The minimum Gasteiger partial charge on any atom is -0.299 e. The summed E-state index contributed by atoms with van der Waals surface area (Å²) < 4.78 is 0. The third-order valence-corrected chi connectivity index (χ3v) is 4.19. The van der Waals surface area contributed by atoms with Crippen LogP contribution in [0.4, 0.5) is 0 Å². The van der Waals surface area contributed by atoms with Crippen molar-refractivity contribution in [3.8, 4) is 0 Å². The van der Waals surface area contributed by atoms with Gasteiger partial charge in [0.25, 0.3) is 0 Å². The van der Waals surface area contributed by atoms with Crippen molar-refractivity contribution in [1.29, 1.82) is 0 Å². The summed E-state index contributed by atoms with van der Waals surface area (Å²) in [6.07, 6.45) is 7.84. The van der Waals surface area contributed by atoms with E-state index < -0.39 is 0 Å². The van der Waals surface area contributed by atoms with Crippen LogP contribution in [0.1, 0.15) is 43.4 Å². The molecule has 0 saturated heterocycles. The van der Waals surface area contributed by atoms with E-state index in [4.69, 9.17) is 0 Å². The molecule has 1 heterocycles. The first-order valence-electron chi connectivity index (χ1n) is 5.91. The highest BCUT2D eigenvalue weighted by Gasteiger charge is 2.20. The van der Waals surface area contributed by atoms with Gasteiger partial charge in [0.15, 0.2) is 0 Å². The molecule has 0 spiro atoms. The van der Waals surface area contributed by atoms with Gasteiger partial charge < -0.3 is 0 Å². The largest absolute Gasteiger partial charge is 0.299 e. The molecule has 15 heavy (non-hydrogen) atoms. The van der Waals surface area contributed by atoms with Crippen molar-refractivity contribution in [3.63, 3.8) is 0 Å². The van der Waals surface area contributed by atoms with Gasteiger partial charge in [-0.25, -0.2) is 0 Å². The zero-order valence-electron chi connectivity index (χ0n) is 9.08. The van der Waals surface area contributed by atoms with Crippen molar-refractivity contribution in [2.24, 2.45) is 5.92 Å². The van der Waals surface area contributed by atoms with Crippen LogP contribution in [0.3, 0.4) is 0 Å². The number of carbonyl (C=O) groups excluding carboxylic acids is 1. The Morgan fingerprint density at radius 3 is 2.80 bits per heavy atom.